The minimum atomic E-state index is -3.40. The van der Waals surface area contributed by atoms with Crippen LogP contribution < -0.4 is 15.8 Å². The summed E-state index contributed by atoms with van der Waals surface area (Å²) in [7, 11) is -1.62. The third-order valence-corrected chi connectivity index (χ3v) is 7.99. The van der Waals surface area contributed by atoms with Gasteiger partial charge in [0.05, 0.1) is 30.0 Å². The Morgan fingerprint density at radius 2 is 1.88 bits per heavy atom. The molecule has 0 spiro atoms. The third kappa shape index (κ3) is 8.88. The Hall–Kier alpha value is -3.25. The molecular weight excluding hydrogens is 528 g/mol. The molecule has 2 heterocycles. The molecule has 0 saturated heterocycles. The number of aryl methyl sites for hydroxylation is 2. The van der Waals surface area contributed by atoms with Crippen molar-refractivity contribution in [2.75, 3.05) is 51.5 Å². The van der Waals surface area contributed by atoms with Crippen molar-refractivity contribution in [2.45, 2.75) is 33.2 Å². The van der Waals surface area contributed by atoms with Gasteiger partial charge in [0.15, 0.2) is 5.82 Å². The number of nitrogen functional groups attached to an aromatic ring is 1. The molecule has 40 heavy (non-hydrogen) atoms. The van der Waals surface area contributed by atoms with E-state index in [0.717, 1.165) is 46.3 Å². The molecule has 3 aromatic rings. The number of aromatic nitrogens is 3. The second kappa shape index (κ2) is 15.5. The van der Waals surface area contributed by atoms with Crippen LogP contribution >= 0.6 is 0 Å². The molecule has 11 heteroatoms. The summed E-state index contributed by atoms with van der Waals surface area (Å²) in [4.78, 5) is 9.12. The largest absolute Gasteiger partial charge is 0.394 e. The topological polar surface area (TPSA) is 133 Å². The van der Waals surface area contributed by atoms with Crippen molar-refractivity contribution in [1.29, 1.82) is 0 Å². The lowest BCUT2D eigenvalue weighted by atomic mass is 10.0. The molecule has 0 aliphatic carbocycles. The standard InChI is InChI=1S/C29H42N6O4S/c1-5-6-11-24(20-31-4)22(2)21-40(36,37)32-14-9-16-38-18-19-39-17-10-15-35-23(3)33-27-28(35)25-12-7-8-13-26(25)34-29(27)30/h5-8,11-13,20,22,31-32H,1,9-10,14-19,21H2,2-4H3,(H2,30,34)/b11-6-,24-20+. The lowest BCUT2D eigenvalue weighted by molar-refractivity contribution is 0.0454. The van der Waals surface area contributed by atoms with E-state index in [1.165, 1.54) is 0 Å². The SMILES string of the molecule is C=C/C=C\C(=C/NC)C(C)CS(=O)(=O)NCCCOCCOCCCn1c(C)nc2c(N)nc3ccccc3c21. The van der Waals surface area contributed by atoms with Gasteiger partial charge in [0.2, 0.25) is 10.0 Å². The van der Waals surface area contributed by atoms with E-state index in [4.69, 9.17) is 15.2 Å². The Labute approximate surface area is 237 Å². The minimum Gasteiger partial charge on any atom is -0.394 e. The molecule has 1 aromatic carbocycles. The summed E-state index contributed by atoms with van der Waals surface area (Å²) in [6.45, 7) is 10.6. The van der Waals surface area contributed by atoms with Crippen molar-refractivity contribution in [1.82, 2.24) is 24.6 Å². The molecule has 0 amide bonds. The van der Waals surface area contributed by atoms with Crippen molar-refractivity contribution >= 4 is 37.8 Å². The lowest BCUT2D eigenvalue weighted by Crippen LogP contribution is -2.31. The number of imidazole rings is 1. The first-order chi connectivity index (χ1) is 19.3. The van der Waals surface area contributed by atoms with E-state index in [9.17, 15) is 8.42 Å². The van der Waals surface area contributed by atoms with E-state index in [2.05, 4.69) is 31.2 Å². The maximum atomic E-state index is 12.4. The van der Waals surface area contributed by atoms with Crippen LogP contribution in [0.15, 0.2) is 60.8 Å². The average Bonchev–Trinajstić information content (AvgIpc) is 3.26. The molecule has 0 radical (unpaired) electrons. The summed E-state index contributed by atoms with van der Waals surface area (Å²) in [5.41, 5.74) is 9.65. The Morgan fingerprint density at radius 1 is 1.15 bits per heavy atom. The zero-order chi connectivity index (χ0) is 29.0. The first-order valence-corrected chi connectivity index (χ1v) is 15.2. The van der Waals surface area contributed by atoms with Gasteiger partial charge in [-0.2, -0.15) is 0 Å². The molecule has 1 atom stereocenters. The van der Waals surface area contributed by atoms with E-state index in [1.54, 1.807) is 25.4 Å². The van der Waals surface area contributed by atoms with E-state index in [-0.39, 0.29) is 11.7 Å². The van der Waals surface area contributed by atoms with Gasteiger partial charge in [-0.1, -0.05) is 49.9 Å². The second-order valence-electron chi connectivity index (χ2n) is 9.56. The zero-order valence-corrected chi connectivity index (χ0v) is 24.5. The molecule has 0 aliphatic rings. The number of fused-ring (bicyclic) bond motifs is 3. The highest BCUT2D eigenvalue weighted by atomic mass is 32.2. The maximum Gasteiger partial charge on any atom is 0.212 e. The Balaban J connectivity index is 1.31. The van der Waals surface area contributed by atoms with Gasteiger partial charge in [-0.3, -0.25) is 0 Å². The van der Waals surface area contributed by atoms with Crippen LogP contribution in [0.4, 0.5) is 5.82 Å². The van der Waals surface area contributed by atoms with Crippen molar-refractivity contribution < 1.29 is 17.9 Å². The molecule has 0 bridgehead atoms. The van der Waals surface area contributed by atoms with Crippen molar-refractivity contribution in [2.24, 2.45) is 5.92 Å². The normalized spacial score (nSPS) is 13.4. The summed E-state index contributed by atoms with van der Waals surface area (Å²) in [5, 5.41) is 3.99. The molecular formula is C29H42N6O4S. The summed E-state index contributed by atoms with van der Waals surface area (Å²) in [6.07, 6.45) is 8.51. The fourth-order valence-electron chi connectivity index (χ4n) is 4.48. The number of nitrogens with two attached hydrogens (primary N) is 1. The molecule has 4 N–H and O–H groups in total. The first kappa shape index (κ1) is 31.3. The zero-order valence-electron chi connectivity index (χ0n) is 23.7. The monoisotopic (exact) mass is 570 g/mol. The second-order valence-corrected chi connectivity index (χ2v) is 11.4. The third-order valence-electron chi connectivity index (χ3n) is 6.41. The van der Waals surface area contributed by atoms with Crippen molar-refractivity contribution in [3.63, 3.8) is 0 Å². The molecule has 0 fully saturated rings. The molecule has 0 saturated carbocycles. The van der Waals surface area contributed by atoms with Crippen LogP contribution in [0.2, 0.25) is 0 Å². The number of rotatable bonds is 18. The van der Waals surface area contributed by atoms with E-state index in [0.29, 0.717) is 45.2 Å². The number of sulfonamides is 1. The van der Waals surface area contributed by atoms with Crippen LogP contribution in [0.25, 0.3) is 21.9 Å². The number of ether oxygens (including phenoxy) is 2. The molecule has 218 valence electrons. The Morgan fingerprint density at radius 3 is 2.60 bits per heavy atom. The quantitative estimate of drug-likeness (QED) is 0.156. The van der Waals surface area contributed by atoms with Crippen LogP contribution in [0.1, 0.15) is 25.6 Å². The Kier molecular flexibility index (Phi) is 12.1. The molecule has 1 unspecified atom stereocenters. The number of hydrogen-bond donors (Lipinski definition) is 3. The van der Waals surface area contributed by atoms with Gasteiger partial charge in [-0.15, -0.1) is 0 Å². The van der Waals surface area contributed by atoms with Crippen molar-refractivity contribution in [3.05, 3.63) is 66.7 Å². The van der Waals surface area contributed by atoms with Gasteiger partial charge in [0.1, 0.15) is 11.3 Å². The maximum absolute atomic E-state index is 12.4. The van der Waals surface area contributed by atoms with E-state index >= 15 is 0 Å². The van der Waals surface area contributed by atoms with Crippen LogP contribution in [0.3, 0.4) is 0 Å². The summed E-state index contributed by atoms with van der Waals surface area (Å²) >= 11 is 0. The number of nitrogens with zero attached hydrogens (tertiary/aromatic N) is 3. The number of allylic oxidation sites excluding steroid dienone is 4. The molecule has 0 aliphatic heterocycles. The lowest BCUT2D eigenvalue weighted by Gasteiger charge is -2.14. The van der Waals surface area contributed by atoms with Gasteiger partial charge in [-0.25, -0.2) is 23.1 Å². The highest BCUT2D eigenvalue weighted by Crippen LogP contribution is 2.28. The fraction of sp³-hybridized carbons (Fsp3) is 0.448. The number of benzene rings is 1. The highest BCUT2D eigenvalue weighted by Gasteiger charge is 2.17. The average molecular weight is 571 g/mol. The van der Waals surface area contributed by atoms with Crippen LogP contribution in [-0.4, -0.2) is 68.7 Å². The molecule has 3 rings (SSSR count). The van der Waals surface area contributed by atoms with E-state index in [1.807, 2.05) is 44.2 Å². The summed E-state index contributed by atoms with van der Waals surface area (Å²) < 4.78 is 41.1. The number of hydrogen-bond acceptors (Lipinski definition) is 8. The first-order valence-electron chi connectivity index (χ1n) is 13.6. The molecule has 10 nitrogen and oxygen atoms in total. The summed E-state index contributed by atoms with van der Waals surface area (Å²) in [6, 6.07) is 7.95. The summed E-state index contributed by atoms with van der Waals surface area (Å²) in [5.74, 6) is 1.18. The van der Waals surface area contributed by atoms with Gasteiger partial charge < -0.3 is 25.1 Å². The van der Waals surface area contributed by atoms with Crippen LogP contribution in [0.5, 0.6) is 0 Å². The minimum absolute atomic E-state index is 0.00554. The van der Waals surface area contributed by atoms with Gasteiger partial charge in [0.25, 0.3) is 0 Å². The molecule has 2 aromatic heterocycles. The highest BCUT2D eigenvalue weighted by molar-refractivity contribution is 7.89. The van der Waals surface area contributed by atoms with Gasteiger partial charge >= 0.3 is 0 Å². The van der Waals surface area contributed by atoms with Crippen LogP contribution in [-0.2, 0) is 26.0 Å². The number of anilines is 1. The van der Waals surface area contributed by atoms with Gasteiger partial charge in [0, 0.05) is 38.7 Å². The van der Waals surface area contributed by atoms with E-state index < -0.39 is 10.0 Å². The predicted octanol–water partition coefficient (Wildman–Crippen LogP) is 3.69. The smallest absolute Gasteiger partial charge is 0.212 e. The fourth-order valence-corrected chi connectivity index (χ4v) is 5.90. The van der Waals surface area contributed by atoms with Crippen molar-refractivity contribution in [3.8, 4) is 0 Å². The van der Waals surface area contributed by atoms with Gasteiger partial charge in [-0.05, 0) is 43.5 Å². The predicted molar refractivity (Wildman–Crippen MR) is 162 cm³/mol. The number of pyridine rings is 1. The number of nitrogens with one attached hydrogen (secondary N) is 2. The van der Waals surface area contributed by atoms with Crippen LogP contribution in [0, 0.1) is 12.8 Å². The number of para-hydroxylation sites is 1. The Bertz CT molecular complexity index is 1430.